The zero-order chi connectivity index (χ0) is 15.4. The summed E-state index contributed by atoms with van der Waals surface area (Å²) in [5, 5.41) is 9.14. The molecule has 0 unspecified atom stereocenters. The molecule has 1 heterocycles. The minimum atomic E-state index is -0.789. The van der Waals surface area contributed by atoms with Crippen molar-refractivity contribution in [2.45, 2.75) is 13.5 Å². The molecule has 1 aromatic heterocycles. The Hall–Kier alpha value is -2.44. The van der Waals surface area contributed by atoms with Gasteiger partial charge in [-0.3, -0.25) is 9.48 Å². The first-order valence-electron chi connectivity index (χ1n) is 6.51. The van der Waals surface area contributed by atoms with Crippen molar-refractivity contribution in [3.05, 3.63) is 47.3 Å². The molecule has 7 heteroatoms. The molecular weight excluding hydrogens is 278 g/mol. The van der Waals surface area contributed by atoms with Crippen molar-refractivity contribution < 1.29 is 13.6 Å². The maximum absolute atomic E-state index is 13.7. The summed E-state index contributed by atoms with van der Waals surface area (Å²) in [5.74, 6) is -2.12. The van der Waals surface area contributed by atoms with E-state index >= 15 is 0 Å². The van der Waals surface area contributed by atoms with E-state index < -0.39 is 17.5 Å². The standard InChI is InChI=1S/C14H16F2N4O/c1-3-17-13-11(15)6-9(7-12(13)16)14(21)18-8-10-4-5-19-20(10)2/h4-7,17H,3,8H2,1-2H3,(H,18,21). The number of hydrogen-bond acceptors (Lipinski definition) is 3. The van der Waals surface area contributed by atoms with Crippen molar-refractivity contribution in [2.24, 2.45) is 7.05 Å². The molecule has 0 fully saturated rings. The third kappa shape index (κ3) is 3.36. The summed E-state index contributed by atoms with van der Waals surface area (Å²) < 4.78 is 29.1. The van der Waals surface area contributed by atoms with E-state index in [2.05, 4.69) is 15.7 Å². The topological polar surface area (TPSA) is 59.0 Å². The van der Waals surface area contributed by atoms with Crippen LogP contribution in [0.5, 0.6) is 0 Å². The second-order valence-corrected chi connectivity index (χ2v) is 4.47. The number of aryl methyl sites for hydroxylation is 1. The van der Waals surface area contributed by atoms with E-state index in [4.69, 9.17) is 0 Å². The fourth-order valence-corrected chi connectivity index (χ4v) is 1.90. The van der Waals surface area contributed by atoms with Crippen molar-refractivity contribution >= 4 is 11.6 Å². The minimum Gasteiger partial charge on any atom is -0.381 e. The molecule has 0 aliphatic carbocycles. The van der Waals surface area contributed by atoms with Gasteiger partial charge >= 0.3 is 0 Å². The molecule has 0 bridgehead atoms. The zero-order valence-corrected chi connectivity index (χ0v) is 11.8. The minimum absolute atomic E-state index is 0.0613. The predicted octanol–water partition coefficient (Wildman–Crippen LogP) is 2.06. The number of anilines is 1. The first-order chi connectivity index (χ1) is 10.0. The summed E-state index contributed by atoms with van der Waals surface area (Å²) >= 11 is 0. The summed E-state index contributed by atoms with van der Waals surface area (Å²) in [7, 11) is 1.74. The average Bonchev–Trinajstić information content (AvgIpc) is 2.85. The van der Waals surface area contributed by atoms with Crippen LogP contribution < -0.4 is 10.6 Å². The molecule has 1 amide bonds. The molecule has 112 valence electrons. The monoisotopic (exact) mass is 294 g/mol. The van der Waals surface area contributed by atoms with E-state index in [1.165, 1.54) is 0 Å². The highest BCUT2D eigenvalue weighted by Gasteiger charge is 2.15. The van der Waals surface area contributed by atoms with E-state index in [0.29, 0.717) is 6.54 Å². The second-order valence-electron chi connectivity index (χ2n) is 4.47. The fourth-order valence-electron chi connectivity index (χ4n) is 1.90. The number of carbonyl (C=O) groups excluding carboxylic acids is 1. The quantitative estimate of drug-likeness (QED) is 0.887. The van der Waals surface area contributed by atoms with Crippen LogP contribution in [0.25, 0.3) is 0 Å². The van der Waals surface area contributed by atoms with E-state index in [9.17, 15) is 13.6 Å². The number of carbonyl (C=O) groups is 1. The molecule has 0 atom stereocenters. The van der Waals surface area contributed by atoms with Crippen LogP contribution in [0.2, 0.25) is 0 Å². The summed E-state index contributed by atoms with van der Waals surface area (Å²) in [5.41, 5.74) is 0.503. The van der Waals surface area contributed by atoms with Gasteiger partial charge in [-0.1, -0.05) is 0 Å². The van der Waals surface area contributed by atoms with Crippen LogP contribution in [0.3, 0.4) is 0 Å². The molecule has 0 spiro atoms. The van der Waals surface area contributed by atoms with Gasteiger partial charge in [-0.05, 0) is 25.1 Å². The van der Waals surface area contributed by atoms with Crippen molar-refractivity contribution in [3.63, 3.8) is 0 Å². The highest BCUT2D eigenvalue weighted by atomic mass is 19.1. The van der Waals surface area contributed by atoms with E-state index in [-0.39, 0.29) is 17.8 Å². The Labute approximate surface area is 121 Å². The third-order valence-electron chi connectivity index (χ3n) is 3.01. The summed E-state index contributed by atoms with van der Waals surface area (Å²) in [6.07, 6.45) is 1.60. The Bertz CT molecular complexity index is 631. The van der Waals surface area contributed by atoms with Gasteiger partial charge in [-0.2, -0.15) is 5.10 Å². The van der Waals surface area contributed by atoms with Crippen LogP contribution in [0, 0.1) is 11.6 Å². The molecule has 0 saturated carbocycles. The lowest BCUT2D eigenvalue weighted by Crippen LogP contribution is -2.24. The van der Waals surface area contributed by atoms with Crippen LogP contribution in [0.4, 0.5) is 14.5 Å². The molecule has 1 aromatic carbocycles. The highest BCUT2D eigenvalue weighted by molar-refractivity contribution is 5.94. The van der Waals surface area contributed by atoms with Crippen molar-refractivity contribution in [2.75, 3.05) is 11.9 Å². The third-order valence-corrected chi connectivity index (χ3v) is 3.01. The lowest BCUT2D eigenvalue weighted by atomic mass is 10.1. The maximum atomic E-state index is 13.7. The van der Waals surface area contributed by atoms with Crippen LogP contribution >= 0.6 is 0 Å². The molecule has 2 N–H and O–H groups in total. The number of hydrogen-bond donors (Lipinski definition) is 2. The lowest BCUT2D eigenvalue weighted by molar-refractivity contribution is 0.0949. The van der Waals surface area contributed by atoms with Crippen LogP contribution in [0.1, 0.15) is 23.0 Å². The van der Waals surface area contributed by atoms with Crippen LogP contribution in [0.15, 0.2) is 24.4 Å². The molecular formula is C14H16F2N4O. The highest BCUT2D eigenvalue weighted by Crippen LogP contribution is 2.20. The molecule has 0 aliphatic rings. The number of amides is 1. The summed E-state index contributed by atoms with van der Waals surface area (Å²) in [6, 6.07) is 3.77. The van der Waals surface area contributed by atoms with E-state index in [1.54, 1.807) is 30.9 Å². The fraction of sp³-hybridized carbons (Fsp3) is 0.286. The Morgan fingerprint density at radius 1 is 1.33 bits per heavy atom. The normalized spacial score (nSPS) is 10.5. The van der Waals surface area contributed by atoms with Crippen molar-refractivity contribution in [1.82, 2.24) is 15.1 Å². The average molecular weight is 294 g/mol. The molecule has 2 rings (SSSR count). The van der Waals surface area contributed by atoms with Crippen LogP contribution in [-0.4, -0.2) is 22.2 Å². The van der Waals surface area contributed by atoms with E-state index in [0.717, 1.165) is 17.8 Å². The molecule has 0 saturated heterocycles. The molecule has 0 radical (unpaired) electrons. The number of rotatable bonds is 5. The van der Waals surface area contributed by atoms with Gasteiger partial charge in [0.05, 0.1) is 12.2 Å². The van der Waals surface area contributed by atoms with Gasteiger partial charge in [0.2, 0.25) is 0 Å². The van der Waals surface area contributed by atoms with Gasteiger partial charge in [0.1, 0.15) is 17.3 Å². The van der Waals surface area contributed by atoms with Gasteiger partial charge in [0.25, 0.3) is 5.91 Å². The SMILES string of the molecule is CCNc1c(F)cc(C(=O)NCc2ccnn2C)cc1F. The van der Waals surface area contributed by atoms with Crippen molar-refractivity contribution in [3.8, 4) is 0 Å². The molecule has 5 nitrogen and oxygen atoms in total. The van der Waals surface area contributed by atoms with Gasteiger partial charge in [-0.25, -0.2) is 8.78 Å². The predicted molar refractivity (Wildman–Crippen MR) is 74.9 cm³/mol. The number of benzene rings is 1. The Morgan fingerprint density at radius 2 is 2.00 bits per heavy atom. The van der Waals surface area contributed by atoms with Crippen molar-refractivity contribution in [1.29, 1.82) is 0 Å². The molecule has 21 heavy (non-hydrogen) atoms. The number of halogens is 2. The van der Waals surface area contributed by atoms with Gasteiger partial charge < -0.3 is 10.6 Å². The first kappa shape index (κ1) is 15.0. The lowest BCUT2D eigenvalue weighted by Gasteiger charge is -2.10. The largest absolute Gasteiger partial charge is 0.381 e. The summed E-state index contributed by atoms with van der Waals surface area (Å²) in [6.45, 7) is 2.35. The summed E-state index contributed by atoms with van der Waals surface area (Å²) in [4.78, 5) is 11.9. The zero-order valence-electron chi connectivity index (χ0n) is 11.8. The van der Waals surface area contributed by atoms with Gasteiger partial charge in [0, 0.05) is 25.4 Å². The Balaban J connectivity index is 2.11. The van der Waals surface area contributed by atoms with E-state index in [1.807, 2.05) is 0 Å². The Kier molecular flexibility index (Phi) is 4.52. The number of nitrogens with zero attached hydrogens (tertiary/aromatic N) is 2. The number of nitrogens with one attached hydrogen (secondary N) is 2. The second kappa shape index (κ2) is 6.34. The van der Waals surface area contributed by atoms with Gasteiger partial charge in [0.15, 0.2) is 0 Å². The first-order valence-corrected chi connectivity index (χ1v) is 6.51. The van der Waals surface area contributed by atoms with Crippen LogP contribution in [-0.2, 0) is 13.6 Å². The molecule has 0 aliphatic heterocycles. The maximum Gasteiger partial charge on any atom is 0.251 e. The number of aromatic nitrogens is 2. The molecule has 2 aromatic rings. The van der Waals surface area contributed by atoms with Gasteiger partial charge in [-0.15, -0.1) is 0 Å². The Morgan fingerprint density at radius 3 is 2.52 bits per heavy atom. The smallest absolute Gasteiger partial charge is 0.251 e.